The van der Waals surface area contributed by atoms with Crippen LogP contribution < -0.4 is 10.9 Å². The van der Waals surface area contributed by atoms with Crippen molar-refractivity contribution >= 4 is 23.6 Å². The second-order valence-electron chi connectivity index (χ2n) is 7.91. The molecule has 0 aliphatic heterocycles. The summed E-state index contributed by atoms with van der Waals surface area (Å²) in [6.45, 7) is 5.74. The summed E-state index contributed by atoms with van der Waals surface area (Å²) in [5.41, 5.74) is 9.48. The molecule has 0 unspecified atom stereocenters. The third-order valence-electron chi connectivity index (χ3n) is 5.22. The highest BCUT2D eigenvalue weighted by atomic mass is 32.2. The molecule has 0 fully saturated rings. The Morgan fingerprint density at radius 3 is 2.09 bits per heavy atom. The lowest BCUT2D eigenvalue weighted by molar-refractivity contribution is -0.121. The van der Waals surface area contributed by atoms with Gasteiger partial charge in [-0.2, -0.15) is 0 Å². The number of nitrogens with one attached hydrogen (secondary N) is 2. The Bertz CT molecular complexity index is 1290. The molecule has 1 aromatic heterocycles. The number of aromatic nitrogens is 3. The molecular formula is C26H25N5O2S. The van der Waals surface area contributed by atoms with Crippen molar-refractivity contribution in [3.05, 3.63) is 95.6 Å². The second kappa shape index (κ2) is 10.4. The minimum Gasteiger partial charge on any atom is -0.272 e. The molecule has 2 amide bonds. The summed E-state index contributed by atoms with van der Waals surface area (Å²) in [6.07, 6.45) is 0. The Balaban J connectivity index is 1.51. The fraction of sp³-hybridized carbons (Fsp3) is 0.154. The second-order valence-corrected chi connectivity index (χ2v) is 9.22. The van der Waals surface area contributed by atoms with Crippen molar-refractivity contribution in [2.24, 2.45) is 0 Å². The third kappa shape index (κ3) is 5.35. The summed E-state index contributed by atoms with van der Waals surface area (Å²) in [4.78, 5) is 25.0. The fourth-order valence-electron chi connectivity index (χ4n) is 3.25. The molecule has 172 valence electrons. The van der Waals surface area contributed by atoms with Gasteiger partial charge in [0.1, 0.15) is 0 Å². The van der Waals surface area contributed by atoms with Crippen LogP contribution >= 0.6 is 11.8 Å². The first-order chi connectivity index (χ1) is 16.4. The summed E-state index contributed by atoms with van der Waals surface area (Å²) in [7, 11) is 0. The maximum absolute atomic E-state index is 12.7. The summed E-state index contributed by atoms with van der Waals surface area (Å²) in [5, 5.41) is 8.84. The molecule has 4 rings (SSSR count). The van der Waals surface area contributed by atoms with E-state index in [1.807, 2.05) is 85.1 Å². The van der Waals surface area contributed by atoms with Crippen LogP contribution in [0.25, 0.3) is 17.1 Å². The SMILES string of the molecule is Cc1ccc(C(=O)NNC(=O)[C@@H](C)Sc2nnc(-c3ccc(C)cc3)n2-c2ccccc2)cc1. The predicted molar refractivity (Wildman–Crippen MR) is 134 cm³/mol. The van der Waals surface area contributed by atoms with E-state index in [4.69, 9.17) is 0 Å². The lowest BCUT2D eigenvalue weighted by Gasteiger charge is -2.14. The number of para-hydroxylation sites is 1. The first kappa shape index (κ1) is 23.3. The van der Waals surface area contributed by atoms with Gasteiger partial charge in [0.05, 0.1) is 5.25 Å². The van der Waals surface area contributed by atoms with E-state index in [1.165, 1.54) is 11.8 Å². The molecule has 2 N–H and O–H groups in total. The average Bonchev–Trinajstić information content (AvgIpc) is 3.27. The van der Waals surface area contributed by atoms with Gasteiger partial charge < -0.3 is 0 Å². The van der Waals surface area contributed by atoms with Crippen LogP contribution in [0, 0.1) is 13.8 Å². The van der Waals surface area contributed by atoms with E-state index in [1.54, 1.807) is 19.1 Å². The van der Waals surface area contributed by atoms with Gasteiger partial charge in [0.25, 0.3) is 11.8 Å². The van der Waals surface area contributed by atoms with Crippen LogP contribution in [0.2, 0.25) is 0 Å². The van der Waals surface area contributed by atoms with Gasteiger partial charge in [-0.25, -0.2) is 0 Å². The molecule has 0 spiro atoms. The lowest BCUT2D eigenvalue weighted by atomic mass is 10.1. The summed E-state index contributed by atoms with van der Waals surface area (Å²) in [5.74, 6) is -0.0291. The molecule has 0 aliphatic carbocycles. The topological polar surface area (TPSA) is 88.9 Å². The number of hydrogen-bond donors (Lipinski definition) is 2. The van der Waals surface area contributed by atoms with Crippen molar-refractivity contribution in [1.82, 2.24) is 25.6 Å². The van der Waals surface area contributed by atoms with Crippen LogP contribution in [0.15, 0.2) is 84.0 Å². The fourth-order valence-corrected chi connectivity index (χ4v) is 4.12. The molecule has 3 aromatic carbocycles. The monoisotopic (exact) mass is 471 g/mol. The van der Waals surface area contributed by atoms with E-state index in [9.17, 15) is 9.59 Å². The van der Waals surface area contributed by atoms with E-state index >= 15 is 0 Å². The number of carbonyl (C=O) groups excluding carboxylic acids is 2. The molecule has 7 nitrogen and oxygen atoms in total. The molecule has 0 saturated carbocycles. The van der Waals surface area contributed by atoms with Crippen LogP contribution in [0.3, 0.4) is 0 Å². The van der Waals surface area contributed by atoms with Gasteiger partial charge in [-0.3, -0.25) is 25.0 Å². The highest BCUT2D eigenvalue weighted by Crippen LogP contribution is 2.30. The van der Waals surface area contributed by atoms with Crippen molar-refractivity contribution in [3.8, 4) is 17.1 Å². The van der Waals surface area contributed by atoms with Crippen LogP contribution in [0.4, 0.5) is 0 Å². The van der Waals surface area contributed by atoms with Gasteiger partial charge in [0, 0.05) is 16.8 Å². The van der Waals surface area contributed by atoms with Crippen LogP contribution in [-0.2, 0) is 4.79 Å². The lowest BCUT2D eigenvalue weighted by Crippen LogP contribution is -2.45. The molecule has 0 bridgehead atoms. The van der Waals surface area contributed by atoms with Crippen LogP contribution in [0.5, 0.6) is 0 Å². The van der Waals surface area contributed by atoms with Crippen molar-refractivity contribution in [1.29, 1.82) is 0 Å². The van der Waals surface area contributed by atoms with Gasteiger partial charge >= 0.3 is 0 Å². The largest absolute Gasteiger partial charge is 0.272 e. The number of benzene rings is 3. The molecule has 0 radical (unpaired) electrons. The summed E-state index contributed by atoms with van der Waals surface area (Å²) < 4.78 is 1.93. The Labute approximate surface area is 202 Å². The third-order valence-corrected chi connectivity index (χ3v) is 6.26. The smallest absolute Gasteiger partial charge is 0.269 e. The van der Waals surface area contributed by atoms with Crippen LogP contribution in [-0.4, -0.2) is 31.8 Å². The molecule has 0 aliphatic rings. The number of aryl methyl sites for hydroxylation is 2. The van der Waals surface area contributed by atoms with E-state index in [2.05, 4.69) is 21.0 Å². The highest BCUT2D eigenvalue weighted by molar-refractivity contribution is 8.00. The highest BCUT2D eigenvalue weighted by Gasteiger charge is 2.22. The number of amides is 2. The van der Waals surface area contributed by atoms with E-state index in [-0.39, 0.29) is 11.8 Å². The quantitative estimate of drug-likeness (QED) is 0.319. The number of thioether (sulfide) groups is 1. The Morgan fingerprint density at radius 1 is 0.824 bits per heavy atom. The molecular weight excluding hydrogens is 446 g/mol. The normalized spacial score (nSPS) is 11.6. The molecule has 0 saturated heterocycles. The van der Waals surface area contributed by atoms with Crippen LogP contribution in [0.1, 0.15) is 28.4 Å². The number of rotatable bonds is 6. The van der Waals surface area contributed by atoms with Crippen molar-refractivity contribution < 1.29 is 9.59 Å². The first-order valence-corrected chi connectivity index (χ1v) is 11.7. The first-order valence-electron chi connectivity index (χ1n) is 10.8. The van der Waals surface area contributed by atoms with E-state index < -0.39 is 5.25 Å². The number of hydrogen-bond acceptors (Lipinski definition) is 5. The van der Waals surface area contributed by atoms with Gasteiger partial charge in [-0.05, 0) is 45.0 Å². The predicted octanol–water partition coefficient (Wildman–Crippen LogP) is 4.49. The molecule has 1 atom stereocenters. The summed E-state index contributed by atoms with van der Waals surface area (Å²) in [6, 6.07) is 24.9. The Hall–Kier alpha value is -3.91. The number of hydrazine groups is 1. The Kier molecular flexibility index (Phi) is 7.08. The van der Waals surface area contributed by atoms with Gasteiger partial charge in [-0.15, -0.1) is 10.2 Å². The van der Waals surface area contributed by atoms with E-state index in [0.717, 1.165) is 22.4 Å². The zero-order valence-corrected chi connectivity index (χ0v) is 20.0. The standard InChI is InChI=1S/C26H25N5O2S/c1-17-9-13-20(14-10-17)23-27-30-26(31(23)22-7-5-4-6-8-22)34-19(3)24(32)28-29-25(33)21-15-11-18(2)12-16-21/h4-16,19H,1-3H3,(H,28,32)(H,29,33)/t19-/m1/s1. The number of carbonyl (C=O) groups is 2. The molecule has 1 heterocycles. The molecule has 34 heavy (non-hydrogen) atoms. The van der Waals surface area contributed by atoms with Crippen molar-refractivity contribution in [2.45, 2.75) is 31.2 Å². The van der Waals surface area contributed by atoms with Gasteiger partial charge in [0.15, 0.2) is 11.0 Å². The van der Waals surface area contributed by atoms with Crippen molar-refractivity contribution in [2.75, 3.05) is 0 Å². The molecule has 8 heteroatoms. The number of nitrogens with zero attached hydrogens (tertiary/aromatic N) is 3. The van der Waals surface area contributed by atoms with Crippen molar-refractivity contribution in [3.63, 3.8) is 0 Å². The maximum atomic E-state index is 12.7. The zero-order chi connectivity index (χ0) is 24.1. The maximum Gasteiger partial charge on any atom is 0.269 e. The summed E-state index contributed by atoms with van der Waals surface area (Å²) >= 11 is 1.27. The Morgan fingerprint density at radius 2 is 1.44 bits per heavy atom. The van der Waals surface area contributed by atoms with Gasteiger partial charge in [0.2, 0.25) is 0 Å². The molecule has 4 aromatic rings. The zero-order valence-electron chi connectivity index (χ0n) is 19.1. The van der Waals surface area contributed by atoms with Gasteiger partial charge in [-0.1, -0.05) is 77.5 Å². The van der Waals surface area contributed by atoms with E-state index in [0.29, 0.717) is 16.5 Å². The minimum atomic E-state index is -0.532. The minimum absolute atomic E-state index is 0.343. The average molecular weight is 472 g/mol.